The van der Waals surface area contributed by atoms with Gasteiger partial charge >= 0.3 is 7.60 Å². The summed E-state index contributed by atoms with van der Waals surface area (Å²) in [4.78, 5) is -0.116. The third-order valence-electron chi connectivity index (χ3n) is 2.93. The minimum Gasteiger partial charge on any atom is -0.307 e. The van der Waals surface area contributed by atoms with Gasteiger partial charge in [-0.1, -0.05) is 37.6 Å². The predicted octanol–water partition coefficient (Wildman–Crippen LogP) is 4.78. The molecule has 0 radical (unpaired) electrons. The zero-order valence-electron chi connectivity index (χ0n) is 14.5. The Morgan fingerprint density at radius 2 is 1.83 bits per heavy atom. The molecule has 1 rings (SSSR count). The molecule has 6 nitrogen and oxygen atoms in total. The van der Waals surface area contributed by atoms with Gasteiger partial charge in [0.15, 0.2) is 6.35 Å². The van der Waals surface area contributed by atoms with Crippen molar-refractivity contribution < 1.29 is 26.2 Å². The largest absolute Gasteiger partial charge is 0.357 e. The summed E-state index contributed by atoms with van der Waals surface area (Å²) < 4.78 is 53.0. The zero-order chi connectivity index (χ0) is 18.5. The zero-order valence-corrected chi connectivity index (χ0v) is 17.0. The average Bonchev–Trinajstić information content (AvgIpc) is 2.44. The van der Waals surface area contributed by atoms with Crippen molar-refractivity contribution in [3.8, 4) is 0 Å². The molecule has 0 aromatic heterocycles. The van der Waals surface area contributed by atoms with Gasteiger partial charge in [-0.15, -0.1) is 0 Å². The molecule has 0 aliphatic carbocycles. The Labute approximate surface area is 149 Å². The van der Waals surface area contributed by atoms with Crippen molar-refractivity contribution in [3.05, 3.63) is 28.8 Å². The fourth-order valence-electron chi connectivity index (χ4n) is 2.05. The first-order valence-electron chi connectivity index (χ1n) is 7.62. The molecule has 0 N–H and O–H groups in total. The van der Waals surface area contributed by atoms with Crippen LogP contribution in [0.3, 0.4) is 0 Å². The molecular weight excluding hydrogens is 375 g/mol. The standard InChI is InChI=1S/C15H24ClO6PS/c1-6-20-23(17,22-12(4)5)10-21-24(18,19)15-13(11(2)3)8-7-9-14(15)16/h7-9,11-12H,6,10H2,1-5H3. The van der Waals surface area contributed by atoms with Crippen molar-refractivity contribution in [3.63, 3.8) is 0 Å². The van der Waals surface area contributed by atoms with Crippen molar-refractivity contribution in [2.45, 2.75) is 51.5 Å². The molecule has 1 atom stereocenters. The fraction of sp³-hybridized carbons (Fsp3) is 0.600. The van der Waals surface area contributed by atoms with Gasteiger partial charge in [0.25, 0.3) is 10.1 Å². The maximum absolute atomic E-state index is 12.6. The van der Waals surface area contributed by atoms with Crippen molar-refractivity contribution in [2.24, 2.45) is 0 Å². The van der Waals surface area contributed by atoms with E-state index in [0.717, 1.165) is 0 Å². The van der Waals surface area contributed by atoms with Crippen LogP contribution in [-0.4, -0.2) is 27.5 Å². The quantitative estimate of drug-likeness (QED) is 0.440. The number of hydrogen-bond donors (Lipinski definition) is 0. The van der Waals surface area contributed by atoms with E-state index in [-0.39, 0.29) is 22.4 Å². The predicted molar refractivity (Wildman–Crippen MR) is 94.1 cm³/mol. The van der Waals surface area contributed by atoms with Crippen LogP contribution in [0.1, 0.15) is 46.1 Å². The van der Waals surface area contributed by atoms with Crippen molar-refractivity contribution in [1.29, 1.82) is 0 Å². The van der Waals surface area contributed by atoms with Gasteiger partial charge in [-0.25, -0.2) is 0 Å². The highest BCUT2D eigenvalue weighted by atomic mass is 35.5. The van der Waals surface area contributed by atoms with Crippen LogP contribution in [0.4, 0.5) is 0 Å². The molecule has 138 valence electrons. The highest BCUT2D eigenvalue weighted by Crippen LogP contribution is 2.50. The van der Waals surface area contributed by atoms with Gasteiger partial charge in [0.05, 0.1) is 17.7 Å². The second kappa shape index (κ2) is 8.79. The lowest BCUT2D eigenvalue weighted by atomic mass is 10.0. The second-order valence-corrected chi connectivity index (χ2v) is 9.61. The lowest BCUT2D eigenvalue weighted by Gasteiger charge is -2.20. The van der Waals surface area contributed by atoms with Crippen LogP contribution in [0.2, 0.25) is 5.02 Å². The van der Waals surface area contributed by atoms with Gasteiger partial charge in [-0.2, -0.15) is 8.42 Å². The maximum Gasteiger partial charge on any atom is 0.357 e. The highest BCUT2D eigenvalue weighted by Gasteiger charge is 2.32. The van der Waals surface area contributed by atoms with E-state index in [1.165, 1.54) is 6.07 Å². The number of hydrogen-bond acceptors (Lipinski definition) is 6. The molecule has 24 heavy (non-hydrogen) atoms. The summed E-state index contributed by atoms with van der Waals surface area (Å²) in [6, 6.07) is 4.81. The number of rotatable bonds is 9. The summed E-state index contributed by atoms with van der Waals surface area (Å²) in [5, 5.41) is 0.0530. The van der Waals surface area contributed by atoms with E-state index in [1.54, 1.807) is 32.9 Å². The Balaban J connectivity index is 3.13. The van der Waals surface area contributed by atoms with Crippen LogP contribution in [0, 0.1) is 0 Å². The molecular formula is C15H24ClO6PS. The summed E-state index contributed by atoms with van der Waals surface area (Å²) >= 11 is 6.06. The monoisotopic (exact) mass is 398 g/mol. The lowest BCUT2D eigenvalue weighted by molar-refractivity contribution is 0.158. The second-order valence-electron chi connectivity index (χ2n) is 5.70. The molecule has 1 unspecified atom stereocenters. The summed E-state index contributed by atoms with van der Waals surface area (Å²) in [5.74, 6) is -0.0808. The molecule has 0 spiro atoms. The van der Waals surface area contributed by atoms with E-state index in [4.69, 9.17) is 24.8 Å². The van der Waals surface area contributed by atoms with E-state index in [1.807, 2.05) is 13.8 Å². The molecule has 0 saturated heterocycles. The lowest BCUT2D eigenvalue weighted by Crippen LogP contribution is -2.14. The van der Waals surface area contributed by atoms with Crippen LogP contribution in [0.5, 0.6) is 0 Å². The summed E-state index contributed by atoms with van der Waals surface area (Å²) in [7, 11) is -7.91. The van der Waals surface area contributed by atoms with E-state index < -0.39 is 30.2 Å². The van der Waals surface area contributed by atoms with Crippen LogP contribution < -0.4 is 0 Å². The van der Waals surface area contributed by atoms with Gasteiger partial charge in [0.1, 0.15) is 4.90 Å². The molecule has 0 saturated carbocycles. The van der Waals surface area contributed by atoms with Crippen molar-refractivity contribution >= 4 is 29.3 Å². The summed E-state index contributed by atoms with van der Waals surface area (Å²) in [6.07, 6.45) is -1.11. The Kier molecular flexibility index (Phi) is 7.91. The molecule has 0 bridgehead atoms. The Morgan fingerprint density at radius 3 is 2.33 bits per heavy atom. The Hall–Kier alpha value is -0.430. The molecule has 0 aliphatic rings. The molecule has 1 aromatic carbocycles. The molecule has 0 heterocycles. The first-order chi connectivity index (χ1) is 11.0. The van der Waals surface area contributed by atoms with Crippen LogP contribution in [-0.2, 0) is 27.9 Å². The van der Waals surface area contributed by atoms with Crippen molar-refractivity contribution in [1.82, 2.24) is 0 Å². The number of benzene rings is 1. The van der Waals surface area contributed by atoms with Gasteiger partial charge in [-0.3, -0.25) is 8.75 Å². The third kappa shape index (κ3) is 5.83. The van der Waals surface area contributed by atoms with Gasteiger partial charge < -0.3 is 9.05 Å². The first-order valence-corrected chi connectivity index (χ1v) is 11.1. The van der Waals surface area contributed by atoms with Crippen LogP contribution in [0.15, 0.2) is 23.1 Å². The van der Waals surface area contributed by atoms with Gasteiger partial charge in [0, 0.05) is 0 Å². The maximum atomic E-state index is 12.6. The first kappa shape index (κ1) is 21.6. The minimum atomic E-state index is -4.22. The highest BCUT2D eigenvalue weighted by molar-refractivity contribution is 7.87. The molecule has 9 heteroatoms. The minimum absolute atomic E-state index is 0.0530. The van der Waals surface area contributed by atoms with Crippen LogP contribution >= 0.6 is 19.2 Å². The summed E-state index contributed by atoms with van der Waals surface area (Å²) in [6.45, 7) is 8.78. The Morgan fingerprint density at radius 1 is 1.21 bits per heavy atom. The van der Waals surface area contributed by atoms with Crippen LogP contribution in [0.25, 0.3) is 0 Å². The SMILES string of the molecule is CCOP(=O)(COS(=O)(=O)c1c(Cl)cccc1C(C)C)OC(C)C. The normalized spacial score (nSPS) is 15.0. The number of halogens is 1. The summed E-state index contributed by atoms with van der Waals surface area (Å²) in [5.41, 5.74) is 0.526. The third-order valence-corrected chi connectivity index (χ3v) is 6.76. The van der Waals surface area contributed by atoms with E-state index >= 15 is 0 Å². The van der Waals surface area contributed by atoms with Crippen molar-refractivity contribution in [2.75, 3.05) is 13.0 Å². The molecule has 0 amide bonds. The van der Waals surface area contributed by atoms with E-state index in [0.29, 0.717) is 5.56 Å². The fourth-order valence-corrected chi connectivity index (χ4v) is 5.84. The topological polar surface area (TPSA) is 78.9 Å². The molecule has 0 fully saturated rings. The molecule has 0 aliphatic heterocycles. The van der Waals surface area contributed by atoms with E-state index in [9.17, 15) is 13.0 Å². The molecule has 1 aromatic rings. The smallest absolute Gasteiger partial charge is 0.307 e. The average molecular weight is 399 g/mol. The Bertz CT molecular complexity index is 702. The van der Waals surface area contributed by atoms with Gasteiger partial charge in [-0.05, 0) is 38.3 Å². The van der Waals surface area contributed by atoms with Gasteiger partial charge in [0.2, 0.25) is 0 Å². The van der Waals surface area contributed by atoms with E-state index in [2.05, 4.69) is 0 Å².